The van der Waals surface area contributed by atoms with Gasteiger partial charge in [-0.1, -0.05) is 22.0 Å². The molecule has 14 heavy (non-hydrogen) atoms. The Morgan fingerprint density at radius 1 is 1.50 bits per heavy atom. The first-order valence-corrected chi connectivity index (χ1v) is 5.63. The van der Waals surface area contributed by atoms with E-state index in [4.69, 9.17) is 5.73 Å². The molecule has 1 aromatic carbocycles. The van der Waals surface area contributed by atoms with Gasteiger partial charge in [0.15, 0.2) is 0 Å². The average molecular weight is 258 g/mol. The molecule has 0 spiro atoms. The van der Waals surface area contributed by atoms with E-state index < -0.39 is 5.67 Å². The molecule has 0 saturated heterocycles. The number of hydrogen-bond donors (Lipinski definition) is 1. The molecule has 0 bridgehead atoms. The SMILES string of the molecule is NCC1(F)CCCc2cc(Br)ccc21. The lowest BCUT2D eigenvalue weighted by atomic mass is 9.80. The van der Waals surface area contributed by atoms with Crippen LogP contribution in [-0.2, 0) is 12.1 Å². The van der Waals surface area contributed by atoms with Crippen molar-refractivity contribution in [1.29, 1.82) is 0 Å². The summed E-state index contributed by atoms with van der Waals surface area (Å²) in [5.74, 6) is 0. The minimum Gasteiger partial charge on any atom is -0.327 e. The Morgan fingerprint density at radius 3 is 3.00 bits per heavy atom. The molecule has 0 amide bonds. The molecule has 1 unspecified atom stereocenters. The first-order valence-electron chi connectivity index (χ1n) is 4.83. The Labute approximate surface area is 91.6 Å². The molecule has 0 radical (unpaired) electrons. The van der Waals surface area contributed by atoms with Crippen molar-refractivity contribution in [2.75, 3.05) is 6.54 Å². The highest BCUT2D eigenvalue weighted by molar-refractivity contribution is 9.10. The fourth-order valence-electron chi connectivity index (χ4n) is 2.11. The normalized spacial score (nSPS) is 25.9. The Kier molecular flexibility index (Phi) is 2.62. The quantitative estimate of drug-likeness (QED) is 0.823. The number of aryl methyl sites for hydroxylation is 1. The van der Waals surface area contributed by atoms with Crippen molar-refractivity contribution in [3.05, 3.63) is 33.8 Å². The lowest BCUT2D eigenvalue weighted by molar-refractivity contribution is 0.147. The molecule has 1 atom stereocenters. The molecule has 2 N–H and O–H groups in total. The van der Waals surface area contributed by atoms with Crippen molar-refractivity contribution >= 4 is 15.9 Å². The Bertz CT molecular complexity index is 353. The number of alkyl halides is 1. The number of fused-ring (bicyclic) bond motifs is 1. The van der Waals surface area contributed by atoms with Crippen LogP contribution in [0.5, 0.6) is 0 Å². The van der Waals surface area contributed by atoms with Gasteiger partial charge in [-0.2, -0.15) is 0 Å². The molecule has 0 aromatic heterocycles. The van der Waals surface area contributed by atoms with Crippen LogP contribution < -0.4 is 5.73 Å². The van der Waals surface area contributed by atoms with Crippen molar-refractivity contribution in [1.82, 2.24) is 0 Å². The first kappa shape index (κ1) is 10.1. The maximum atomic E-state index is 14.3. The van der Waals surface area contributed by atoms with Crippen LogP contribution in [0.4, 0.5) is 4.39 Å². The zero-order valence-electron chi connectivity index (χ0n) is 7.89. The van der Waals surface area contributed by atoms with Gasteiger partial charge in [0.25, 0.3) is 0 Å². The third-order valence-corrected chi connectivity index (χ3v) is 3.39. The van der Waals surface area contributed by atoms with E-state index in [1.807, 2.05) is 18.2 Å². The molecule has 0 heterocycles. The molecule has 1 aliphatic carbocycles. The molecule has 0 saturated carbocycles. The summed E-state index contributed by atoms with van der Waals surface area (Å²) in [7, 11) is 0. The summed E-state index contributed by atoms with van der Waals surface area (Å²) in [4.78, 5) is 0. The van der Waals surface area contributed by atoms with Crippen LogP contribution in [0.15, 0.2) is 22.7 Å². The first-order chi connectivity index (χ1) is 6.65. The summed E-state index contributed by atoms with van der Waals surface area (Å²) < 4.78 is 15.3. The summed E-state index contributed by atoms with van der Waals surface area (Å²) in [6.07, 6.45) is 2.40. The van der Waals surface area contributed by atoms with Gasteiger partial charge < -0.3 is 5.73 Å². The lowest BCUT2D eigenvalue weighted by Gasteiger charge is -2.31. The van der Waals surface area contributed by atoms with Crippen LogP contribution in [0.25, 0.3) is 0 Å². The van der Waals surface area contributed by atoms with Crippen molar-refractivity contribution < 1.29 is 4.39 Å². The predicted molar refractivity (Wildman–Crippen MR) is 58.9 cm³/mol. The van der Waals surface area contributed by atoms with Crippen LogP contribution in [0.2, 0.25) is 0 Å². The molecule has 1 nitrogen and oxygen atoms in total. The molecular formula is C11H13BrFN. The summed E-state index contributed by atoms with van der Waals surface area (Å²) in [6, 6.07) is 5.73. The van der Waals surface area contributed by atoms with E-state index in [-0.39, 0.29) is 6.54 Å². The monoisotopic (exact) mass is 257 g/mol. The maximum Gasteiger partial charge on any atom is 0.148 e. The average Bonchev–Trinajstić information content (AvgIpc) is 2.18. The predicted octanol–water partition coefficient (Wildman–Crippen LogP) is 2.91. The van der Waals surface area contributed by atoms with E-state index in [2.05, 4.69) is 15.9 Å². The summed E-state index contributed by atoms with van der Waals surface area (Å²) in [6.45, 7) is 0.0850. The molecule has 3 heteroatoms. The fourth-order valence-corrected chi connectivity index (χ4v) is 2.52. The Hall–Kier alpha value is -0.410. The lowest BCUT2D eigenvalue weighted by Crippen LogP contribution is -2.34. The van der Waals surface area contributed by atoms with Gasteiger partial charge in [0.1, 0.15) is 5.67 Å². The highest BCUT2D eigenvalue weighted by atomic mass is 79.9. The van der Waals surface area contributed by atoms with E-state index in [0.29, 0.717) is 6.42 Å². The van der Waals surface area contributed by atoms with Gasteiger partial charge in [0, 0.05) is 11.0 Å². The molecule has 1 aromatic rings. The Morgan fingerprint density at radius 2 is 2.29 bits per heavy atom. The third kappa shape index (κ3) is 1.59. The number of benzene rings is 1. The number of nitrogens with two attached hydrogens (primary N) is 1. The second kappa shape index (κ2) is 3.63. The van der Waals surface area contributed by atoms with Crippen LogP contribution in [-0.4, -0.2) is 6.54 Å². The second-order valence-electron chi connectivity index (χ2n) is 3.82. The minimum absolute atomic E-state index is 0.0850. The van der Waals surface area contributed by atoms with Crippen molar-refractivity contribution in [3.63, 3.8) is 0 Å². The van der Waals surface area contributed by atoms with E-state index in [1.54, 1.807) is 0 Å². The summed E-state index contributed by atoms with van der Waals surface area (Å²) >= 11 is 3.40. The second-order valence-corrected chi connectivity index (χ2v) is 4.74. The van der Waals surface area contributed by atoms with Gasteiger partial charge in [-0.15, -0.1) is 0 Å². The van der Waals surface area contributed by atoms with Crippen LogP contribution in [0.3, 0.4) is 0 Å². The van der Waals surface area contributed by atoms with Crippen molar-refractivity contribution in [2.45, 2.75) is 24.9 Å². The Balaban J connectivity index is 2.50. The van der Waals surface area contributed by atoms with E-state index in [1.165, 1.54) is 0 Å². The summed E-state index contributed by atoms with van der Waals surface area (Å²) in [5, 5.41) is 0. The van der Waals surface area contributed by atoms with Crippen molar-refractivity contribution in [3.8, 4) is 0 Å². The van der Waals surface area contributed by atoms with E-state index in [9.17, 15) is 4.39 Å². The van der Waals surface area contributed by atoms with Gasteiger partial charge in [-0.3, -0.25) is 0 Å². The zero-order valence-corrected chi connectivity index (χ0v) is 9.48. The molecule has 0 fully saturated rings. The molecular weight excluding hydrogens is 245 g/mol. The maximum absolute atomic E-state index is 14.3. The standard InChI is InChI=1S/C11H13BrFN/c12-9-3-4-10-8(6-9)2-1-5-11(10,13)7-14/h3-4,6H,1-2,5,7,14H2. The van der Waals surface area contributed by atoms with Crippen LogP contribution in [0.1, 0.15) is 24.0 Å². The largest absolute Gasteiger partial charge is 0.327 e. The fraction of sp³-hybridized carbons (Fsp3) is 0.455. The molecule has 76 valence electrons. The highest BCUT2D eigenvalue weighted by Gasteiger charge is 2.35. The number of rotatable bonds is 1. The van der Waals surface area contributed by atoms with Crippen LogP contribution >= 0.6 is 15.9 Å². The zero-order chi connectivity index (χ0) is 10.2. The molecule has 2 rings (SSSR count). The highest BCUT2D eigenvalue weighted by Crippen LogP contribution is 2.38. The van der Waals surface area contributed by atoms with Gasteiger partial charge >= 0.3 is 0 Å². The van der Waals surface area contributed by atoms with Gasteiger partial charge in [-0.25, -0.2) is 4.39 Å². The van der Waals surface area contributed by atoms with Crippen molar-refractivity contribution in [2.24, 2.45) is 5.73 Å². The number of hydrogen-bond acceptors (Lipinski definition) is 1. The summed E-state index contributed by atoms with van der Waals surface area (Å²) in [5.41, 5.74) is 6.09. The van der Waals surface area contributed by atoms with Gasteiger partial charge in [0.2, 0.25) is 0 Å². The number of halogens is 2. The topological polar surface area (TPSA) is 26.0 Å². The molecule has 0 aliphatic heterocycles. The minimum atomic E-state index is -1.30. The van der Waals surface area contributed by atoms with Gasteiger partial charge in [-0.05, 0) is 42.5 Å². The van der Waals surface area contributed by atoms with E-state index >= 15 is 0 Å². The molecule has 1 aliphatic rings. The smallest absolute Gasteiger partial charge is 0.148 e. The third-order valence-electron chi connectivity index (χ3n) is 2.89. The van der Waals surface area contributed by atoms with Crippen LogP contribution in [0, 0.1) is 0 Å². The van der Waals surface area contributed by atoms with Gasteiger partial charge in [0.05, 0.1) is 0 Å². The van der Waals surface area contributed by atoms with E-state index in [0.717, 1.165) is 28.4 Å².